The zero-order valence-electron chi connectivity index (χ0n) is 23.0. The maximum Gasteiger partial charge on any atom is 0.328 e. The number of methoxy groups -OCH3 is 1. The van der Waals surface area contributed by atoms with E-state index < -0.39 is 29.8 Å². The summed E-state index contributed by atoms with van der Waals surface area (Å²) < 4.78 is 6.68. The molecular weight excluding hydrogens is 581 g/mol. The summed E-state index contributed by atoms with van der Waals surface area (Å²) in [4.78, 5) is 57.2. The number of rotatable bonds is 5. The smallest absolute Gasteiger partial charge is 0.328 e. The van der Waals surface area contributed by atoms with Crippen molar-refractivity contribution in [3.63, 3.8) is 0 Å². The first-order chi connectivity index (χ1) is 20.2. The Morgan fingerprint density at radius 2 is 1.71 bits per heavy atom. The fraction of sp³-hybridized carbons (Fsp3) is 0.400. The first-order valence-corrected chi connectivity index (χ1v) is 14.6. The Morgan fingerprint density at radius 3 is 2.45 bits per heavy atom. The number of halogens is 2. The minimum Gasteiger partial charge on any atom is -0.467 e. The first kappa shape index (κ1) is 28.4. The number of ether oxygens (including phenoxy) is 1. The van der Waals surface area contributed by atoms with Crippen LogP contribution in [0.4, 0.5) is 5.69 Å². The van der Waals surface area contributed by atoms with Crippen molar-refractivity contribution in [3.8, 4) is 11.3 Å². The number of carbonyl (C=O) groups excluding carboxylic acids is 4. The highest BCUT2D eigenvalue weighted by molar-refractivity contribution is 6.43. The van der Waals surface area contributed by atoms with Gasteiger partial charge in [0, 0.05) is 18.5 Å². The summed E-state index contributed by atoms with van der Waals surface area (Å²) in [5.41, 5.74) is 1.61. The van der Waals surface area contributed by atoms with Gasteiger partial charge in [-0.2, -0.15) is 0 Å². The first-order valence-electron chi connectivity index (χ1n) is 13.9. The van der Waals surface area contributed by atoms with Gasteiger partial charge in [-0.3, -0.25) is 19.3 Å². The minimum absolute atomic E-state index is 0.0566. The number of benzene rings is 2. The van der Waals surface area contributed by atoms with Crippen LogP contribution in [0.15, 0.2) is 54.7 Å². The van der Waals surface area contributed by atoms with Gasteiger partial charge in [-0.15, -0.1) is 5.10 Å². The summed E-state index contributed by atoms with van der Waals surface area (Å²) in [6.45, 7) is 2.12. The van der Waals surface area contributed by atoms with Crippen LogP contribution < -0.4 is 4.90 Å². The zero-order chi connectivity index (χ0) is 29.7. The maximum absolute atomic E-state index is 14.2. The quantitative estimate of drug-likeness (QED) is 0.311. The van der Waals surface area contributed by atoms with Crippen molar-refractivity contribution < 1.29 is 23.9 Å². The zero-order valence-corrected chi connectivity index (χ0v) is 24.5. The van der Waals surface area contributed by atoms with E-state index in [1.165, 1.54) is 16.9 Å². The monoisotopic (exact) mass is 609 g/mol. The lowest BCUT2D eigenvalue weighted by Gasteiger charge is -2.36. The molecule has 10 nitrogen and oxygen atoms in total. The summed E-state index contributed by atoms with van der Waals surface area (Å²) in [5.74, 6) is -3.72. The fourth-order valence-electron chi connectivity index (χ4n) is 6.75. The second-order valence-electron chi connectivity index (χ2n) is 11.2. The molecule has 2 aliphatic heterocycles. The van der Waals surface area contributed by atoms with E-state index in [-0.39, 0.29) is 42.6 Å². The summed E-state index contributed by atoms with van der Waals surface area (Å²) >= 11 is 12.6. The Hall–Kier alpha value is -3.76. The molecular formula is C30H29Cl2N5O5. The number of para-hydroxylation sites is 1. The van der Waals surface area contributed by atoms with E-state index in [2.05, 4.69) is 10.3 Å². The predicted molar refractivity (Wildman–Crippen MR) is 154 cm³/mol. The van der Waals surface area contributed by atoms with Crippen LogP contribution in [0.5, 0.6) is 0 Å². The molecule has 1 saturated carbocycles. The molecule has 0 spiro atoms. The highest BCUT2D eigenvalue weighted by Gasteiger charge is 2.58. The Morgan fingerprint density at radius 1 is 0.976 bits per heavy atom. The third-order valence-corrected chi connectivity index (χ3v) is 9.68. The van der Waals surface area contributed by atoms with Gasteiger partial charge < -0.3 is 9.64 Å². The number of nitrogens with zero attached hydrogens (tertiary/aromatic N) is 5. The van der Waals surface area contributed by atoms with E-state index in [0.717, 1.165) is 0 Å². The molecule has 6 atom stereocenters. The van der Waals surface area contributed by atoms with E-state index in [0.29, 0.717) is 39.8 Å². The molecule has 3 heterocycles. The van der Waals surface area contributed by atoms with Gasteiger partial charge in [0.15, 0.2) is 0 Å². The number of hydrogen-bond acceptors (Lipinski definition) is 7. The molecule has 3 fully saturated rings. The largest absolute Gasteiger partial charge is 0.467 e. The number of esters is 1. The average Bonchev–Trinajstić information content (AvgIpc) is 3.72. The van der Waals surface area contributed by atoms with Gasteiger partial charge in [-0.05, 0) is 37.0 Å². The van der Waals surface area contributed by atoms with E-state index >= 15 is 0 Å². The van der Waals surface area contributed by atoms with Crippen molar-refractivity contribution in [1.82, 2.24) is 19.9 Å². The second-order valence-corrected chi connectivity index (χ2v) is 11.9. The summed E-state index contributed by atoms with van der Waals surface area (Å²) in [6, 6.07) is 12.8. The average molecular weight is 610 g/mol. The molecule has 2 aromatic carbocycles. The molecule has 4 unspecified atom stereocenters. The topological polar surface area (TPSA) is 115 Å². The van der Waals surface area contributed by atoms with Crippen LogP contribution in [0.2, 0.25) is 10.0 Å². The molecule has 3 aromatic rings. The second kappa shape index (κ2) is 11.1. The van der Waals surface area contributed by atoms with E-state index in [9.17, 15) is 19.2 Å². The number of fused-ring (bicyclic) bond motifs is 1. The Labute approximate surface area is 252 Å². The maximum atomic E-state index is 14.2. The van der Waals surface area contributed by atoms with Crippen molar-refractivity contribution in [2.75, 3.05) is 18.6 Å². The lowest BCUT2D eigenvalue weighted by atomic mass is 9.67. The number of carbonyl (C=O) groups is 4. The number of likely N-dealkylation sites (tertiary alicyclic amines) is 1. The van der Waals surface area contributed by atoms with E-state index in [1.54, 1.807) is 53.3 Å². The number of anilines is 1. The molecule has 6 rings (SSSR count). The van der Waals surface area contributed by atoms with Crippen LogP contribution in [0, 0.1) is 23.7 Å². The molecule has 1 aliphatic carbocycles. The van der Waals surface area contributed by atoms with Crippen LogP contribution in [0.25, 0.3) is 11.3 Å². The van der Waals surface area contributed by atoms with Crippen molar-refractivity contribution in [3.05, 3.63) is 64.8 Å². The highest BCUT2D eigenvalue weighted by atomic mass is 35.5. The Kier molecular flexibility index (Phi) is 7.53. The third kappa shape index (κ3) is 4.66. The normalized spacial score (nSPS) is 27.3. The van der Waals surface area contributed by atoms with E-state index in [1.807, 2.05) is 13.0 Å². The SMILES string of the molecule is COC(=O)[C@@H]1C[C@@H](n2cc(-c3cccc(Cl)c3Cl)nn2)CN1C(=O)C1CCC(C)C2C(=O)N(c3ccccc3)C(=O)C12. The van der Waals surface area contributed by atoms with Crippen LogP contribution >= 0.6 is 23.2 Å². The van der Waals surface area contributed by atoms with Crippen LogP contribution in [-0.2, 0) is 23.9 Å². The van der Waals surface area contributed by atoms with Gasteiger partial charge in [0.1, 0.15) is 11.7 Å². The molecule has 0 bridgehead atoms. The van der Waals surface area contributed by atoms with Crippen LogP contribution in [0.1, 0.15) is 32.2 Å². The van der Waals surface area contributed by atoms with Gasteiger partial charge >= 0.3 is 5.97 Å². The summed E-state index contributed by atoms with van der Waals surface area (Å²) in [6.07, 6.45) is 3.02. The van der Waals surface area contributed by atoms with Gasteiger partial charge in [0.05, 0.1) is 52.8 Å². The summed E-state index contributed by atoms with van der Waals surface area (Å²) in [5, 5.41) is 9.26. The molecule has 42 heavy (non-hydrogen) atoms. The Balaban J connectivity index is 1.28. The standard InChI is InChI=1S/C30H29Cl2N5O5/c1-16-11-12-20(25-24(16)28(39)37(29(25)40)17-7-4-3-5-8-17)27(38)35-14-18(13-23(35)30(41)42-2)36-15-22(33-34-36)19-9-6-10-21(31)26(19)32/h3-10,15-16,18,20,23-25H,11-14H2,1-2H3/t16?,18-,20?,23+,24?,25?/m1/s1. The molecule has 2 saturated heterocycles. The summed E-state index contributed by atoms with van der Waals surface area (Å²) in [7, 11) is 1.28. The number of amides is 3. The highest BCUT2D eigenvalue weighted by Crippen LogP contribution is 2.47. The molecule has 1 aromatic heterocycles. The van der Waals surface area contributed by atoms with Gasteiger partial charge in [-0.25, -0.2) is 9.48 Å². The lowest BCUT2D eigenvalue weighted by molar-refractivity contribution is -0.155. The lowest BCUT2D eigenvalue weighted by Crippen LogP contribution is -2.49. The molecule has 3 aliphatic rings. The third-order valence-electron chi connectivity index (χ3n) is 8.86. The minimum atomic E-state index is -0.870. The molecule has 0 radical (unpaired) electrons. The van der Waals surface area contributed by atoms with Gasteiger partial charge in [0.2, 0.25) is 17.7 Å². The van der Waals surface area contributed by atoms with E-state index in [4.69, 9.17) is 27.9 Å². The van der Waals surface area contributed by atoms with Crippen molar-refractivity contribution in [1.29, 1.82) is 0 Å². The van der Waals surface area contributed by atoms with Crippen molar-refractivity contribution >= 4 is 52.6 Å². The molecule has 3 amide bonds. The number of imide groups is 1. The van der Waals surface area contributed by atoms with Crippen LogP contribution in [-0.4, -0.2) is 63.3 Å². The molecule has 218 valence electrons. The number of aromatic nitrogens is 3. The van der Waals surface area contributed by atoms with Crippen molar-refractivity contribution in [2.45, 2.75) is 38.3 Å². The predicted octanol–water partition coefficient (Wildman–Crippen LogP) is 4.42. The van der Waals surface area contributed by atoms with Crippen LogP contribution in [0.3, 0.4) is 0 Å². The Bertz CT molecular complexity index is 1560. The van der Waals surface area contributed by atoms with Gasteiger partial charge in [0.25, 0.3) is 0 Å². The molecule has 0 N–H and O–H groups in total. The fourth-order valence-corrected chi connectivity index (χ4v) is 7.14. The molecule has 12 heteroatoms. The van der Waals surface area contributed by atoms with Gasteiger partial charge in [-0.1, -0.05) is 65.7 Å². The van der Waals surface area contributed by atoms with Crippen molar-refractivity contribution in [2.24, 2.45) is 23.7 Å². The number of hydrogen-bond donors (Lipinski definition) is 0.